The zero-order valence-electron chi connectivity index (χ0n) is 12.9. The van der Waals surface area contributed by atoms with Gasteiger partial charge < -0.3 is 10.5 Å². The Morgan fingerprint density at radius 3 is 2.53 bits per heavy atom. The lowest BCUT2D eigenvalue weighted by Crippen LogP contribution is -2.26. The van der Waals surface area contributed by atoms with E-state index in [1.807, 2.05) is 0 Å². The zero-order valence-corrected chi connectivity index (χ0v) is 12.9. The van der Waals surface area contributed by atoms with Crippen LogP contribution in [0.25, 0.3) is 0 Å². The van der Waals surface area contributed by atoms with Gasteiger partial charge in [-0.3, -0.25) is 0 Å². The van der Waals surface area contributed by atoms with Gasteiger partial charge >= 0.3 is 0 Å². The highest BCUT2D eigenvalue weighted by Crippen LogP contribution is 2.39. The molecule has 1 unspecified atom stereocenters. The van der Waals surface area contributed by atoms with Crippen molar-refractivity contribution in [3.05, 3.63) is 29.3 Å². The van der Waals surface area contributed by atoms with Gasteiger partial charge in [-0.1, -0.05) is 40.7 Å². The molecule has 2 nitrogen and oxygen atoms in total. The maximum atomic E-state index is 6.21. The third-order valence-corrected chi connectivity index (χ3v) is 3.85. The zero-order chi connectivity index (χ0) is 14.3. The van der Waals surface area contributed by atoms with Gasteiger partial charge in [-0.2, -0.15) is 0 Å². The third-order valence-electron chi connectivity index (χ3n) is 3.85. The molecule has 1 aromatic rings. The first-order valence-electron chi connectivity index (χ1n) is 7.22. The van der Waals surface area contributed by atoms with E-state index in [0.29, 0.717) is 5.41 Å². The van der Waals surface area contributed by atoms with Crippen molar-refractivity contribution in [3.8, 4) is 5.75 Å². The van der Waals surface area contributed by atoms with E-state index < -0.39 is 0 Å². The maximum absolute atomic E-state index is 6.21. The minimum atomic E-state index is 0.120. The molecule has 1 aliphatic heterocycles. The minimum absolute atomic E-state index is 0.120. The van der Waals surface area contributed by atoms with Gasteiger partial charge in [0.05, 0.1) is 6.61 Å². The Labute approximate surface area is 117 Å². The number of hydrogen-bond acceptors (Lipinski definition) is 2. The predicted octanol–water partition coefficient (Wildman–Crippen LogP) is 4.18. The smallest absolute Gasteiger partial charge is 0.124 e. The summed E-state index contributed by atoms with van der Waals surface area (Å²) >= 11 is 0. The SMILES string of the molecule is CC(C)(C)CC(C)(C)c1ccc2c(c1)C(N)CCO2. The molecule has 1 heterocycles. The van der Waals surface area contributed by atoms with E-state index in [9.17, 15) is 0 Å². The lowest BCUT2D eigenvalue weighted by atomic mass is 9.72. The highest BCUT2D eigenvalue weighted by Gasteiger charge is 2.29. The first-order valence-corrected chi connectivity index (χ1v) is 7.22. The fourth-order valence-electron chi connectivity index (χ4n) is 3.27. The molecule has 0 aliphatic carbocycles. The summed E-state index contributed by atoms with van der Waals surface area (Å²) in [5.74, 6) is 0.967. The molecular formula is C17H27NO. The molecule has 1 atom stereocenters. The molecule has 0 spiro atoms. The summed E-state index contributed by atoms with van der Waals surface area (Å²) in [6.07, 6.45) is 2.06. The minimum Gasteiger partial charge on any atom is -0.493 e. The Morgan fingerprint density at radius 1 is 1.21 bits per heavy atom. The van der Waals surface area contributed by atoms with Gasteiger partial charge in [-0.15, -0.1) is 0 Å². The molecule has 0 amide bonds. The molecule has 0 fully saturated rings. The Hall–Kier alpha value is -1.02. The molecule has 0 radical (unpaired) electrons. The van der Waals surface area contributed by atoms with Crippen LogP contribution in [0.1, 0.15) is 64.6 Å². The quantitative estimate of drug-likeness (QED) is 0.866. The number of hydrogen-bond donors (Lipinski definition) is 1. The van der Waals surface area contributed by atoms with E-state index in [4.69, 9.17) is 10.5 Å². The summed E-state index contributed by atoms with van der Waals surface area (Å²) in [5, 5.41) is 0. The molecule has 0 bridgehead atoms. The van der Waals surface area contributed by atoms with Crippen molar-refractivity contribution in [2.45, 2.75) is 58.9 Å². The van der Waals surface area contributed by atoms with Crippen LogP contribution in [0, 0.1) is 5.41 Å². The molecule has 2 heteroatoms. The van der Waals surface area contributed by atoms with E-state index in [2.05, 4.69) is 52.8 Å². The Morgan fingerprint density at radius 2 is 1.89 bits per heavy atom. The fourth-order valence-corrected chi connectivity index (χ4v) is 3.27. The van der Waals surface area contributed by atoms with E-state index in [1.165, 1.54) is 11.1 Å². The molecule has 1 aromatic carbocycles. The van der Waals surface area contributed by atoms with E-state index in [1.54, 1.807) is 0 Å². The lowest BCUT2D eigenvalue weighted by molar-refractivity contribution is 0.266. The van der Waals surface area contributed by atoms with Gasteiger partial charge in [0.2, 0.25) is 0 Å². The van der Waals surface area contributed by atoms with E-state index in [-0.39, 0.29) is 11.5 Å². The van der Waals surface area contributed by atoms with Gasteiger partial charge in [0, 0.05) is 18.0 Å². The van der Waals surface area contributed by atoms with Gasteiger partial charge in [0.15, 0.2) is 0 Å². The summed E-state index contributed by atoms with van der Waals surface area (Å²) in [4.78, 5) is 0. The second-order valence-electron chi connectivity index (χ2n) is 7.62. The van der Waals surface area contributed by atoms with E-state index >= 15 is 0 Å². The van der Waals surface area contributed by atoms with Crippen molar-refractivity contribution in [1.29, 1.82) is 0 Å². The number of benzene rings is 1. The topological polar surface area (TPSA) is 35.2 Å². The number of nitrogens with two attached hydrogens (primary N) is 1. The van der Waals surface area contributed by atoms with Crippen LogP contribution in [0.3, 0.4) is 0 Å². The van der Waals surface area contributed by atoms with Crippen molar-refractivity contribution >= 4 is 0 Å². The third kappa shape index (κ3) is 3.30. The predicted molar refractivity (Wildman–Crippen MR) is 80.6 cm³/mol. The first-order chi connectivity index (χ1) is 8.69. The first kappa shape index (κ1) is 14.4. The maximum Gasteiger partial charge on any atom is 0.124 e. The molecule has 2 rings (SSSR count). The van der Waals surface area contributed by atoms with Crippen LogP contribution in [0.2, 0.25) is 0 Å². The molecule has 2 N–H and O–H groups in total. The highest BCUT2D eigenvalue weighted by atomic mass is 16.5. The van der Waals surface area contributed by atoms with Crippen LogP contribution in [0.5, 0.6) is 5.75 Å². The van der Waals surface area contributed by atoms with Crippen molar-refractivity contribution in [1.82, 2.24) is 0 Å². The van der Waals surface area contributed by atoms with Crippen molar-refractivity contribution in [3.63, 3.8) is 0 Å². The monoisotopic (exact) mass is 261 g/mol. The van der Waals surface area contributed by atoms with Crippen LogP contribution < -0.4 is 10.5 Å². The largest absolute Gasteiger partial charge is 0.493 e. The Balaban J connectivity index is 2.33. The number of ether oxygens (including phenoxy) is 1. The van der Waals surface area contributed by atoms with Crippen LogP contribution >= 0.6 is 0 Å². The Kier molecular flexibility index (Phi) is 3.65. The summed E-state index contributed by atoms with van der Waals surface area (Å²) in [5.41, 5.74) is 9.22. The molecular weight excluding hydrogens is 234 g/mol. The van der Waals surface area contributed by atoms with Gasteiger partial charge in [-0.25, -0.2) is 0 Å². The van der Waals surface area contributed by atoms with Crippen molar-refractivity contribution < 1.29 is 4.74 Å². The standard InChI is InChI=1S/C17H27NO/c1-16(2,3)11-17(4,5)12-6-7-15-13(10-12)14(18)8-9-19-15/h6-7,10,14H,8-9,11,18H2,1-5H3. The highest BCUT2D eigenvalue weighted by molar-refractivity contribution is 5.42. The number of fused-ring (bicyclic) bond motifs is 1. The van der Waals surface area contributed by atoms with Gasteiger partial charge in [-0.05, 0) is 34.9 Å². The summed E-state index contributed by atoms with van der Waals surface area (Å²) < 4.78 is 5.68. The van der Waals surface area contributed by atoms with Crippen LogP contribution in [-0.4, -0.2) is 6.61 Å². The lowest BCUT2D eigenvalue weighted by Gasteiger charge is -2.34. The van der Waals surface area contributed by atoms with Gasteiger partial charge in [0.1, 0.15) is 5.75 Å². The normalized spacial score (nSPS) is 19.8. The molecule has 0 aromatic heterocycles. The van der Waals surface area contributed by atoms with Crippen LogP contribution in [0.4, 0.5) is 0 Å². The summed E-state index contributed by atoms with van der Waals surface area (Å²) in [7, 11) is 0. The molecule has 1 aliphatic rings. The second kappa shape index (κ2) is 4.82. The van der Waals surface area contributed by atoms with Crippen LogP contribution in [-0.2, 0) is 5.41 Å². The Bertz CT molecular complexity index is 457. The fraction of sp³-hybridized carbons (Fsp3) is 0.647. The molecule has 106 valence electrons. The van der Waals surface area contributed by atoms with Crippen molar-refractivity contribution in [2.24, 2.45) is 11.1 Å². The van der Waals surface area contributed by atoms with E-state index in [0.717, 1.165) is 25.2 Å². The molecule has 0 saturated heterocycles. The van der Waals surface area contributed by atoms with Crippen LogP contribution in [0.15, 0.2) is 18.2 Å². The molecule has 19 heavy (non-hydrogen) atoms. The van der Waals surface area contributed by atoms with Gasteiger partial charge in [0.25, 0.3) is 0 Å². The summed E-state index contributed by atoms with van der Waals surface area (Å²) in [6.45, 7) is 12.2. The second-order valence-corrected chi connectivity index (χ2v) is 7.62. The number of rotatable bonds is 2. The summed E-state index contributed by atoms with van der Waals surface area (Å²) in [6, 6.07) is 6.66. The van der Waals surface area contributed by atoms with Crippen molar-refractivity contribution in [2.75, 3.05) is 6.61 Å². The average Bonchev–Trinajstić information content (AvgIpc) is 2.26. The average molecular weight is 261 g/mol. The molecule has 0 saturated carbocycles.